The first-order valence-electron chi connectivity index (χ1n) is 4.01. The summed E-state index contributed by atoms with van der Waals surface area (Å²) in [5.74, 6) is 0. The van der Waals surface area contributed by atoms with Gasteiger partial charge < -0.3 is 10.8 Å². The summed E-state index contributed by atoms with van der Waals surface area (Å²) in [4.78, 5) is 0. The minimum Gasteiger partial charge on any atom is -0.396 e. The highest BCUT2D eigenvalue weighted by Crippen LogP contribution is 2.16. The van der Waals surface area contributed by atoms with Gasteiger partial charge in [0.15, 0.2) is 0 Å². The molecule has 12 heavy (non-hydrogen) atoms. The smallest absolute Gasteiger partial charge is 0.0578 e. The zero-order valence-corrected chi connectivity index (χ0v) is 7.49. The van der Waals surface area contributed by atoms with Gasteiger partial charge in [-0.05, 0) is 18.9 Å². The zero-order valence-electron chi connectivity index (χ0n) is 7.49. The molecule has 4 nitrogen and oxygen atoms in total. The summed E-state index contributed by atoms with van der Waals surface area (Å²) in [6.07, 6.45) is 2.37. The fourth-order valence-electron chi connectivity index (χ4n) is 1.36. The van der Waals surface area contributed by atoms with Crippen molar-refractivity contribution in [1.29, 1.82) is 0 Å². The Bertz CT molecular complexity index is 237. The van der Waals surface area contributed by atoms with E-state index in [2.05, 4.69) is 5.10 Å². The van der Waals surface area contributed by atoms with Crippen LogP contribution in [-0.2, 0) is 7.05 Å². The van der Waals surface area contributed by atoms with Gasteiger partial charge in [-0.2, -0.15) is 5.10 Å². The predicted octanol–water partition coefficient (Wildman–Crippen LogP) is 0.111. The first kappa shape index (κ1) is 9.22. The minimum atomic E-state index is -0.109. The summed E-state index contributed by atoms with van der Waals surface area (Å²) in [7, 11) is 1.86. The van der Waals surface area contributed by atoms with Crippen molar-refractivity contribution in [3.63, 3.8) is 0 Å². The van der Waals surface area contributed by atoms with Crippen LogP contribution in [0, 0.1) is 6.92 Å². The van der Waals surface area contributed by atoms with Gasteiger partial charge in [0.25, 0.3) is 0 Å². The van der Waals surface area contributed by atoms with E-state index >= 15 is 0 Å². The predicted molar refractivity (Wildman–Crippen MR) is 46.6 cm³/mol. The second-order valence-electron chi connectivity index (χ2n) is 2.96. The molecule has 4 heteroatoms. The average molecular weight is 169 g/mol. The monoisotopic (exact) mass is 169 g/mol. The Morgan fingerprint density at radius 2 is 2.42 bits per heavy atom. The lowest BCUT2D eigenvalue weighted by Gasteiger charge is -2.11. The molecule has 0 bridgehead atoms. The minimum absolute atomic E-state index is 0.109. The third-order valence-corrected chi connectivity index (χ3v) is 1.97. The maximum Gasteiger partial charge on any atom is 0.0578 e. The van der Waals surface area contributed by atoms with Gasteiger partial charge in [-0.3, -0.25) is 4.68 Å². The van der Waals surface area contributed by atoms with Gasteiger partial charge in [-0.25, -0.2) is 0 Å². The molecule has 0 spiro atoms. The summed E-state index contributed by atoms with van der Waals surface area (Å²) in [6.45, 7) is 2.09. The first-order chi connectivity index (χ1) is 5.66. The van der Waals surface area contributed by atoms with Crippen LogP contribution in [0.2, 0.25) is 0 Å². The number of nitrogens with two attached hydrogens (primary N) is 1. The number of nitrogens with zero attached hydrogens (tertiary/aromatic N) is 2. The third kappa shape index (κ3) is 1.65. The molecule has 0 aromatic carbocycles. The van der Waals surface area contributed by atoms with E-state index in [1.807, 2.05) is 14.0 Å². The molecule has 0 aliphatic carbocycles. The van der Waals surface area contributed by atoms with Crippen molar-refractivity contribution in [1.82, 2.24) is 9.78 Å². The number of aryl methyl sites for hydroxylation is 2. The molecule has 1 atom stereocenters. The summed E-state index contributed by atoms with van der Waals surface area (Å²) in [5.41, 5.74) is 7.92. The highest BCUT2D eigenvalue weighted by molar-refractivity contribution is 5.18. The lowest BCUT2D eigenvalue weighted by Crippen LogP contribution is -2.16. The number of aliphatic hydroxyl groups excluding tert-OH is 1. The maximum absolute atomic E-state index is 8.71. The van der Waals surface area contributed by atoms with Crippen molar-refractivity contribution in [2.75, 3.05) is 6.61 Å². The Hall–Kier alpha value is -0.870. The molecule has 3 N–H and O–H groups in total. The van der Waals surface area contributed by atoms with Crippen LogP contribution in [-0.4, -0.2) is 21.5 Å². The van der Waals surface area contributed by atoms with Crippen LogP contribution >= 0.6 is 0 Å². The zero-order chi connectivity index (χ0) is 9.14. The number of hydrogen-bond donors (Lipinski definition) is 2. The molecule has 1 heterocycles. The van der Waals surface area contributed by atoms with Gasteiger partial charge in [0.05, 0.1) is 11.9 Å². The van der Waals surface area contributed by atoms with Crippen molar-refractivity contribution >= 4 is 0 Å². The third-order valence-electron chi connectivity index (χ3n) is 1.97. The maximum atomic E-state index is 8.71. The molecular formula is C8H15N3O. The van der Waals surface area contributed by atoms with Crippen LogP contribution in [0.4, 0.5) is 0 Å². The van der Waals surface area contributed by atoms with Crippen molar-refractivity contribution < 1.29 is 5.11 Å². The number of rotatable bonds is 3. The Morgan fingerprint density at radius 3 is 2.83 bits per heavy atom. The van der Waals surface area contributed by atoms with E-state index in [1.54, 1.807) is 10.9 Å². The van der Waals surface area contributed by atoms with Crippen molar-refractivity contribution in [2.45, 2.75) is 19.4 Å². The van der Waals surface area contributed by atoms with Gasteiger partial charge in [0, 0.05) is 19.7 Å². The lowest BCUT2D eigenvalue weighted by molar-refractivity contribution is 0.274. The number of aromatic nitrogens is 2. The molecule has 0 aliphatic heterocycles. The summed E-state index contributed by atoms with van der Waals surface area (Å²) in [6, 6.07) is -0.109. The molecule has 1 unspecified atom stereocenters. The Kier molecular flexibility index (Phi) is 2.83. The molecule has 68 valence electrons. The first-order valence-corrected chi connectivity index (χ1v) is 4.01. The van der Waals surface area contributed by atoms with Gasteiger partial charge in [0.2, 0.25) is 0 Å². The molecule has 0 saturated carbocycles. The highest BCUT2D eigenvalue weighted by atomic mass is 16.3. The SMILES string of the molecule is Cc1cnn(C)c1C(N)CCO. The fraction of sp³-hybridized carbons (Fsp3) is 0.625. The molecule has 0 fully saturated rings. The van der Waals surface area contributed by atoms with Crippen molar-refractivity contribution in [3.8, 4) is 0 Å². The van der Waals surface area contributed by atoms with E-state index in [4.69, 9.17) is 10.8 Å². The summed E-state index contributed by atoms with van der Waals surface area (Å²) >= 11 is 0. The van der Waals surface area contributed by atoms with E-state index in [0.717, 1.165) is 11.3 Å². The van der Waals surface area contributed by atoms with E-state index in [-0.39, 0.29) is 12.6 Å². The van der Waals surface area contributed by atoms with Crippen molar-refractivity contribution in [3.05, 3.63) is 17.5 Å². The molecule has 0 radical (unpaired) electrons. The van der Waals surface area contributed by atoms with Crippen LogP contribution in [0.15, 0.2) is 6.20 Å². The van der Waals surface area contributed by atoms with E-state index in [9.17, 15) is 0 Å². The Balaban J connectivity index is 2.85. The van der Waals surface area contributed by atoms with E-state index in [1.165, 1.54) is 0 Å². The molecule has 0 saturated heterocycles. The summed E-state index contributed by atoms with van der Waals surface area (Å²) < 4.78 is 1.76. The van der Waals surface area contributed by atoms with Gasteiger partial charge in [0.1, 0.15) is 0 Å². The fourth-order valence-corrected chi connectivity index (χ4v) is 1.36. The average Bonchev–Trinajstić information content (AvgIpc) is 2.32. The normalized spacial score (nSPS) is 13.3. The number of hydrogen-bond acceptors (Lipinski definition) is 3. The lowest BCUT2D eigenvalue weighted by atomic mass is 10.1. The second kappa shape index (κ2) is 3.69. The quantitative estimate of drug-likeness (QED) is 0.675. The van der Waals surface area contributed by atoms with Gasteiger partial charge in [-0.15, -0.1) is 0 Å². The van der Waals surface area contributed by atoms with Crippen LogP contribution in [0.5, 0.6) is 0 Å². The second-order valence-corrected chi connectivity index (χ2v) is 2.96. The summed E-state index contributed by atoms with van der Waals surface area (Å²) in [5, 5.41) is 12.8. The Morgan fingerprint density at radius 1 is 1.75 bits per heavy atom. The van der Waals surface area contributed by atoms with Crippen molar-refractivity contribution in [2.24, 2.45) is 12.8 Å². The molecule has 1 aromatic heterocycles. The number of aliphatic hydroxyl groups is 1. The van der Waals surface area contributed by atoms with Gasteiger partial charge in [-0.1, -0.05) is 0 Å². The topological polar surface area (TPSA) is 64.1 Å². The van der Waals surface area contributed by atoms with E-state index in [0.29, 0.717) is 6.42 Å². The molecule has 1 aromatic rings. The van der Waals surface area contributed by atoms with Gasteiger partial charge >= 0.3 is 0 Å². The van der Waals surface area contributed by atoms with E-state index < -0.39 is 0 Å². The molecular weight excluding hydrogens is 154 g/mol. The molecule has 1 rings (SSSR count). The van der Waals surface area contributed by atoms with Crippen LogP contribution in [0.25, 0.3) is 0 Å². The molecule has 0 aliphatic rings. The largest absolute Gasteiger partial charge is 0.396 e. The highest BCUT2D eigenvalue weighted by Gasteiger charge is 2.12. The van der Waals surface area contributed by atoms with Crippen LogP contribution < -0.4 is 5.73 Å². The Labute approximate surface area is 72.0 Å². The van der Waals surface area contributed by atoms with Crippen LogP contribution in [0.1, 0.15) is 23.7 Å². The molecule has 0 amide bonds. The standard InChI is InChI=1S/C8H15N3O/c1-6-5-10-11(2)8(6)7(9)3-4-12/h5,7,12H,3-4,9H2,1-2H3. The van der Waals surface area contributed by atoms with Crippen LogP contribution in [0.3, 0.4) is 0 Å².